The van der Waals surface area contributed by atoms with Crippen LogP contribution in [-0.2, 0) is 0 Å². The van der Waals surface area contributed by atoms with Gasteiger partial charge in [-0.2, -0.15) is 0 Å². The quantitative estimate of drug-likeness (QED) is 0.168. The van der Waals surface area contributed by atoms with Crippen molar-refractivity contribution in [3.8, 4) is 66.8 Å². The first-order chi connectivity index (χ1) is 26.6. The first-order valence-electron chi connectivity index (χ1n) is 18.8. The van der Waals surface area contributed by atoms with Crippen LogP contribution in [0, 0.1) is 13.8 Å². The minimum atomic E-state index is 1.01. The van der Waals surface area contributed by atoms with Gasteiger partial charge in [-0.15, -0.1) is 0 Å². The molecule has 1 heterocycles. The summed E-state index contributed by atoms with van der Waals surface area (Å²) in [5, 5.41) is 7.46. The third kappa shape index (κ3) is 4.55. The van der Waals surface area contributed by atoms with E-state index in [0.29, 0.717) is 0 Å². The maximum absolute atomic E-state index is 5.28. The van der Waals surface area contributed by atoms with E-state index in [2.05, 4.69) is 190 Å². The number of hydrogen-bond donors (Lipinski definition) is 0. The van der Waals surface area contributed by atoms with Gasteiger partial charge in [-0.05, 0) is 109 Å². The molecule has 0 atom stereocenters. The predicted octanol–water partition coefficient (Wildman–Crippen LogP) is 14.6. The highest BCUT2D eigenvalue weighted by Gasteiger charge is 2.31. The van der Waals surface area contributed by atoms with Gasteiger partial charge < -0.3 is 0 Å². The number of hydrogen-bond acceptors (Lipinski definition) is 1. The van der Waals surface area contributed by atoms with E-state index in [1.54, 1.807) is 0 Å². The SMILES string of the molecule is Cc1cc(C)cc(-c2ccc3c(-c4ccc5c6c(cccc46)-c4c-5c(-c5ccccc5)c5ccccc5c4-c4ccccc4)c4ccccc4nc3c2)c1. The van der Waals surface area contributed by atoms with Gasteiger partial charge in [-0.3, -0.25) is 0 Å². The highest BCUT2D eigenvalue weighted by atomic mass is 14.7. The van der Waals surface area contributed by atoms with Crippen LogP contribution in [0.2, 0.25) is 0 Å². The fourth-order valence-electron chi connectivity index (χ4n) is 9.33. The number of fused-ring (bicyclic) bond motifs is 6. The summed E-state index contributed by atoms with van der Waals surface area (Å²) in [6, 6.07) is 64.9. The lowest BCUT2D eigenvalue weighted by Crippen LogP contribution is -1.93. The van der Waals surface area contributed by atoms with Crippen LogP contribution in [0.4, 0.5) is 0 Å². The Labute approximate surface area is 314 Å². The molecule has 1 heteroatoms. The van der Waals surface area contributed by atoms with E-state index < -0.39 is 0 Å². The Hall–Kier alpha value is -6.83. The van der Waals surface area contributed by atoms with Crippen LogP contribution >= 0.6 is 0 Å². The summed E-state index contributed by atoms with van der Waals surface area (Å²) < 4.78 is 0. The van der Waals surface area contributed by atoms with E-state index in [1.165, 1.54) is 110 Å². The van der Waals surface area contributed by atoms with E-state index in [9.17, 15) is 0 Å². The van der Waals surface area contributed by atoms with E-state index >= 15 is 0 Å². The lowest BCUT2D eigenvalue weighted by Gasteiger charge is -2.20. The second kappa shape index (κ2) is 11.8. The van der Waals surface area contributed by atoms with Gasteiger partial charge in [-0.1, -0.05) is 175 Å². The van der Waals surface area contributed by atoms with Crippen molar-refractivity contribution in [2.75, 3.05) is 0 Å². The molecular weight excluding hydrogens is 651 g/mol. The van der Waals surface area contributed by atoms with Crippen molar-refractivity contribution in [3.05, 3.63) is 187 Å². The molecule has 252 valence electrons. The number of benzene rings is 9. The van der Waals surface area contributed by atoms with Crippen LogP contribution in [0.1, 0.15) is 11.1 Å². The summed E-state index contributed by atoms with van der Waals surface area (Å²) >= 11 is 0. The van der Waals surface area contributed by atoms with Crippen molar-refractivity contribution in [3.63, 3.8) is 0 Å². The molecule has 1 nitrogen and oxygen atoms in total. The monoisotopic (exact) mass is 685 g/mol. The third-order valence-corrected chi connectivity index (χ3v) is 11.4. The van der Waals surface area contributed by atoms with Crippen LogP contribution in [0.15, 0.2) is 176 Å². The van der Waals surface area contributed by atoms with Crippen molar-refractivity contribution in [2.24, 2.45) is 0 Å². The van der Waals surface area contributed by atoms with Crippen molar-refractivity contribution >= 4 is 43.4 Å². The second-order valence-electron chi connectivity index (χ2n) is 14.8. The fourth-order valence-corrected chi connectivity index (χ4v) is 9.33. The number of aryl methyl sites for hydroxylation is 2. The molecule has 9 aromatic carbocycles. The van der Waals surface area contributed by atoms with Crippen LogP contribution in [0.5, 0.6) is 0 Å². The molecule has 0 spiro atoms. The zero-order valence-corrected chi connectivity index (χ0v) is 30.2. The molecule has 0 fully saturated rings. The Morgan fingerprint density at radius 2 is 0.833 bits per heavy atom. The highest BCUT2D eigenvalue weighted by molar-refractivity contribution is 6.30. The number of pyridine rings is 1. The Kier molecular flexibility index (Phi) is 6.75. The smallest absolute Gasteiger partial charge is 0.0722 e. The molecule has 0 saturated heterocycles. The van der Waals surface area contributed by atoms with E-state index in [-0.39, 0.29) is 0 Å². The van der Waals surface area contributed by atoms with Crippen LogP contribution < -0.4 is 0 Å². The van der Waals surface area contributed by atoms with Gasteiger partial charge in [0.25, 0.3) is 0 Å². The van der Waals surface area contributed by atoms with E-state index in [0.717, 1.165) is 11.0 Å². The molecule has 0 radical (unpaired) electrons. The van der Waals surface area contributed by atoms with Crippen molar-refractivity contribution in [1.29, 1.82) is 0 Å². The second-order valence-corrected chi connectivity index (χ2v) is 14.8. The van der Waals surface area contributed by atoms with Crippen LogP contribution in [-0.4, -0.2) is 4.98 Å². The number of nitrogens with zero attached hydrogens (tertiary/aromatic N) is 1. The predicted molar refractivity (Wildman–Crippen MR) is 230 cm³/mol. The van der Waals surface area contributed by atoms with Gasteiger partial charge >= 0.3 is 0 Å². The molecule has 0 amide bonds. The molecule has 1 aliphatic carbocycles. The lowest BCUT2D eigenvalue weighted by molar-refractivity contribution is 1.38. The van der Waals surface area contributed by atoms with Crippen molar-refractivity contribution < 1.29 is 0 Å². The Bertz CT molecular complexity index is 3040. The van der Waals surface area contributed by atoms with Gasteiger partial charge in [0.15, 0.2) is 0 Å². The van der Waals surface area contributed by atoms with E-state index in [4.69, 9.17) is 4.98 Å². The van der Waals surface area contributed by atoms with Crippen LogP contribution in [0.25, 0.3) is 110 Å². The van der Waals surface area contributed by atoms with Crippen molar-refractivity contribution in [1.82, 2.24) is 4.98 Å². The topological polar surface area (TPSA) is 12.9 Å². The Morgan fingerprint density at radius 1 is 0.296 bits per heavy atom. The van der Waals surface area contributed by atoms with Crippen LogP contribution in [0.3, 0.4) is 0 Å². The number of aromatic nitrogens is 1. The highest BCUT2D eigenvalue weighted by Crippen LogP contribution is 2.58. The molecule has 54 heavy (non-hydrogen) atoms. The molecule has 11 rings (SSSR count). The summed E-state index contributed by atoms with van der Waals surface area (Å²) in [6.45, 7) is 4.34. The number of para-hydroxylation sites is 1. The van der Waals surface area contributed by atoms with Gasteiger partial charge in [0.2, 0.25) is 0 Å². The van der Waals surface area contributed by atoms with E-state index in [1.807, 2.05) is 0 Å². The normalized spacial score (nSPS) is 11.9. The first kappa shape index (κ1) is 30.8. The Morgan fingerprint density at radius 3 is 1.50 bits per heavy atom. The molecule has 0 bridgehead atoms. The molecular formula is C53H35N. The fraction of sp³-hybridized carbons (Fsp3) is 0.0377. The maximum atomic E-state index is 5.28. The van der Waals surface area contributed by atoms with Gasteiger partial charge in [0.1, 0.15) is 0 Å². The largest absolute Gasteiger partial charge is 0.248 e. The lowest BCUT2D eigenvalue weighted by atomic mass is 9.82. The minimum Gasteiger partial charge on any atom is -0.248 e. The average molecular weight is 686 g/mol. The molecule has 1 aliphatic rings. The first-order valence-corrected chi connectivity index (χ1v) is 18.8. The minimum absolute atomic E-state index is 1.01. The Balaban J connectivity index is 1.24. The number of rotatable bonds is 4. The molecule has 1 aromatic heterocycles. The third-order valence-electron chi connectivity index (χ3n) is 11.4. The standard InChI is InChI=1S/C53H35N/c1-32-28-33(2)30-37(29-32)36-24-25-43-47(31-36)54-46-23-12-11-20-42(46)50(43)41-26-27-45-51-40(41)21-13-22-44(51)52-48(34-14-5-3-6-15-34)38-18-9-10-19-39(38)49(53(45)52)35-16-7-4-8-17-35/h3-31H,1-2H3. The summed E-state index contributed by atoms with van der Waals surface area (Å²) in [4.78, 5) is 5.28. The summed E-state index contributed by atoms with van der Waals surface area (Å²) in [6.07, 6.45) is 0. The van der Waals surface area contributed by atoms with Gasteiger partial charge in [-0.25, -0.2) is 4.98 Å². The molecule has 0 unspecified atom stereocenters. The van der Waals surface area contributed by atoms with Crippen molar-refractivity contribution in [2.45, 2.75) is 13.8 Å². The summed E-state index contributed by atoms with van der Waals surface area (Å²) in [7, 11) is 0. The molecule has 10 aromatic rings. The zero-order valence-electron chi connectivity index (χ0n) is 30.2. The summed E-state index contributed by atoms with van der Waals surface area (Å²) in [5.74, 6) is 0. The molecule has 0 N–H and O–H groups in total. The molecule has 0 aliphatic heterocycles. The van der Waals surface area contributed by atoms with Gasteiger partial charge in [0, 0.05) is 16.3 Å². The maximum Gasteiger partial charge on any atom is 0.0722 e. The van der Waals surface area contributed by atoms with Gasteiger partial charge in [0.05, 0.1) is 11.0 Å². The summed E-state index contributed by atoms with van der Waals surface area (Å²) in [5.41, 5.74) is 19.7. The zero-order chi connectivity index (χ0) is 35.9. The average Bonchev–Trinajstić information content (AvgIpc) is 3.54. The molecule has 0 saturated carbocycles.